The highest BCUT2D eigenvalue weighted by Gasteiger charge is 2.45. The van der Waals surface area contributed by atoms with Crippen LogP contribution in [0.25, 0.3) is 0 Å². The van der Waals surface area contributed by atoms with E-state index >= 15 is 0 Å². The Hall–Kier alpha value is -3.23. The van der Waals surface area contributed by atoms with Crippen LogP contribution in [0, 0.1) is 11.3 Å². The second-order valence-electron chi connectivity index (χ2n) is 5.43. The molecule has 1 aliphatic rings. The molecule has 0 aromatic heterocycles. The normalized spacial score (nSPS) is 18.2. The average Bonchev–Trinajstić information content (AvgIpc) is 2.51. The maximum Gasteiger partial charge on any atom is 0.416 e. The van der Waals surface area contributed by atoms with Gasteiger partial charge in [-0.2, -0.15) is 31.6 Å². The third kappa shape index (κ3) is 3.67. The number of allylic oxidation sites excluding steroid dienone is 1. The first-order valence-corrected chi connectivity index (χ1v) is 7.01. The Bertz CT molecular complexity index is 882. The number of imide groups is 1. The van der Waals surface area contributed by atoms with Gasteiger partial charge < -0.3 is 10.4 Å². The van der Waals surface area contributed by atoms with Crippen molar-refractivity contribution in [1.82, 2.24) is 10.2 Å². The van der Waals surface area contributed by atoms with Crippen LogP contribution in [0.3, 0.4) is 0 Å². The minimum absolute atomic E-state index is 0.0899. The molecule has 1 heterocycles. The van der Waals surface area contributed by atoms with Crippen LogP contribution in [0.1, 0.15) is 29.7 Å². The lowest BCUT2D eigenvalue weighted by Gasteiger charge is -2.34. The standard InChI is InChI=1S/C15H9F6N3O3/c1-6-9(5-22)11(24(13(26)27)12(25)23-6)8-4-7(14(16,17)18)2-3-10(8)15(19,20)21/h2-4,11H,1H3,(H,23,25)(H,26,27). The van der Waals surface area contributed by atoms with Gasteiger partial charge in [-0.25, -0.2) is 14.5 Å². The number of alkyl halides is 6. The molecule has 0 saturated carbocycles. The minimum atomic E-state index is -5.16. The third-order valence-corrected chi connectivity index (χ3v) is 3.75. The molecular formula is C15H9F6N3O3. The second kappa shape index (κ2) is 6.49. The molecule has 144 valence electrons. The first-order chi connectivity index (χ1) is 12.3. The van der Waals surface area contributed by atoms with E-state index in [-0.39, 0.29) is 28.8 Å². The van der Waals surface area contributed by atoms with E-state index in [1.54, 1.807) is 0 Å². The topological polar surface area (TPSA) is 93.4 Å². The summed E-state index contributed by atoms with van der Waals surface area (Å²) in [6, 6.07) is -1.73. The van der Waals surface area contributed by atoms with Gasteiger partial charge >= 0.3 is 24.5 Å². The number of halogens is 6. The van der Waals surface area contributed by atoms with Crippen LogP contribution in [-0.2, 0) is 12.4 Å². The van der Waals surface area contributed by atoms with Crippen molar-refractivity contribution in [2.45, 2.75) is 25.3 Å². The fourth-order valence-corrected chi connectivity index (χ4v) is 2.60. The zero-order chi connectivity index (χ0) is 20.7. The molecule has 3 amide bonds. The fraction of sp³-hybridized carbons (Fsp3) is 0.267. The second-order valence-corrected chi connectivity index (χ2v) is 5.43. The summed E-state index contributed by atoms with van der Waals surface area (Å²) in [5.41, 5.74) is -5.17. The van der Waals surface area contributed by atoms with Crippen LogP contribution in [0.4, 0.5) is 35.9 Å². The van der Waals surface area contributed by atoms with Gasteiger partial charge in [0.1, 0.15) is 6.04 Å². The van der Waals surface area contributed by atoms with Crippen LogP contribution in [0.2, 0.25) is 0 Å². The zero-order valence-electron chi connectivity index (χ0n) is 13.2. The van der Waals surface area contributed by atoms with Gasteiger partial charge in [0.25, 0.3) is 0 Å². The molecule has 1 unspecified atom stereocenters. The predicted octanol–water partition coefficient (Wildman–Crippen LogP) is 4.27. The molecule has 1 atom stereocenters. The lowest BCUT2D eigenvalue weighted by molar-refractivity contribution is -0.142. The van der Waals surface area contributed by atoms with E-state index in [1.165, 1.54) is 6.07 Å². The molecule has 0 bridgehead atoms. The summed E-state index contributed by atoms with van der Waals surface area (Å²) in [6.07, 6.45) is -12.2. The van der Waals surface area contributed by atoms with E-state index in [0.29, 0.717) is 0 Å². The van der Waals surface area contributed by atoms with E-state index in [2.05, 4.69) is 0 Å². The van der Waals surface area contributed by atoms with Crippen molar-refractivity contribution in [1.29, 1.82) is 5.26 Å². The van der Waals surface area contributed by atoms with Crippen molar-refractivity contribution in [2.24, 2.45) is 0 Å². The van der Waals surface area contributed by atoms with Crippen LogP contribution in [0.15, 0.2) is 29.5 Å². The highest BCUT2D eigenvalue weighted by molar-refractivity contribution is 5.93. The summed E-state index contributed by atoms with van der Waals surface area (Å²) < 4.78 is 79.0. The van der Waals surface area contributed by atoms with Crippen molar-refractivity contribution < 1.29 is 41.0 Å². The number of rotatable bonds is 1. The maximum atomic E-state index is 13.3. The van der Waals surface area contributed by atoms with Crippen LogP contribution in [0.5, 0.6) is 0 Å². The van der Waals surface area contributed by atoms with Crippen molar-refractivity contribution >= 4 is 12.1 Å². The molecule has 0 spiro atoms. The van der Waals surface area contributed by atoms with Crippen LogP contribution < -0.4 is 5.32 Å². The number of carbonyl (C=O) groups is 2. The Morgan fingerprint density at radius 2 is 1.81 bits per heavy atom. The van der Waals surface area contributed by atoms with Gasteiger partial charge in [-0.15, -0.1) is 0 Å². The van der Waals surface area contributed by atoms with Gasteiger partial charge in [-0.1, -0.05) is 0 Å². The van der Waals surface area contributed by atoms with E-state index in [4.69, 9.17) is 0 Å². The number of hydrogen-bond acceptors (Lipinski definition) is 3. The van der Waals surface area contributed by atoms with Gasteiger partial charge in [-0.3, -0.25) is 0 Å². The average molecular weight is 393 g/mol. The molecule has 2 rings (SSSR count). The number of benzene rings is 1. The number of carbonyl (C=O) groups excluding carboxylic acids is 1. The predicted molar refractivity (Wildman–Crippen MR) is 75.9 cm³/mol. The Morgan fingerprint density at radius 3 is 2.26 bits per heavy atom. The molecule has 1 aromatic rings. The molecule has 0 aliphatic carbocycles. The van der Waals surface area contributed by atoms with Crippen molar-refractivity contribution in [3.63, 3.8) is 0 Å². The first kappa shape index (κ1) is 20.1. The lowest BCUT2D eigenvalue weighted by atomic mass is 9.89. The largest absolute Gasteiger partial charge is 0.465 e. The smallest absolute Gasteiger partial charge is 0.416 e. The molecule has 0 radical (unpaired) electrons. The first-order valence-electron chi connectivity index (χ1n) is 7.01. The Kier molecular flexibility index (Phi) is 4.83. The molecule has 1 aliphatic heterocycles. The van der Waals surface area contributed by atoms with E-state index in [0.717, 1.165) is 6.92 Å². The molecule has 0 saturated heterocycles. The monoisotopic (exact) mass is 393 g/mol. The summed E-state index contributed by atoms with van der Waals surface area (Å²) in [7, 11) is 0. The highest BCUT2D eigenvalue weighted by Crippen LogP contribution is 2.43. The maximum absolute atomic E-state index is 13.3. The number of amides is 3. The van der Waals surface area contributed by atoms with Crippen molar-refractivity contribution in [2.75, 3.05) is 0 Å². The SMILES string of the molecule is CC1=C(C#N)C(c2cc(C(F)(F)F)ccc2C(F)(F)F)N(C(=O)O)C(=O)N1. The number of hydrogen-bond donors (Lipinski definition) is 2. The minimum Gasteiger partial charge on any atom is -0.465 e. The van der Waals surface area contributed by atoms with Gasteiger partial charge in [0, 0.05) is 5.70 Å². The van der Waals surface area contributed by atoms with Crippen molar-refractivity contribution in [3.05, 3.63) is 46.2 Å². The zero-order valence-corrected chi connectivity index (χ0v) is 13.2. The van der Waals surface area contributed by atoms with Gasteiger partial charge in [0.2, 0.25) is 0 Å². The van der Waals surface area contributed by atoms with E-state index in [9.17, 15) is 46.3 Å². The van der Waals surface area contributed by atoms with Crippen LogP contribution >= 0.6 is 0 Å². The van der Waals surface area contributed by atoms with Crippen molar-refractivity contribution in [3.8, 4) is 6.07 Å². The molecule has 0 fully saturated rings. The fourth-order valence-electron chi connectivity index (χ4n) is 2.60. The number of nitrogens with zero attached hydrogens (tertiary/aromatic N) is 2. The van der Waals surface area contributed by atoms with E-state index in [1.807, 2.05) is 5.32 Å². The lowest BCUT2D eigenvalue weighted by Crippen LogP contribution is -2.49. The Labute approximate surface area is 147 Å². The molecular weight excluding hydrogens is 384 g/mol. The molecule has 27 heavy (non-hydrogen) atoms. The third-order valence-electron chi connectivity index (χ3n) is 3.75. The van der Waals surface area contributed by atoms with E-state index < -0.39 is 52.8 Å². The van der Waals surface area contributed by atoms with Gasteiger partial charge in [-0.05, 0) is 30.7 Å². The summed E-state index contributed by atoms with van der Waals surface area (Å²) >= 11 is 0. The number of urea groups is 1. The number of carboxylic acid groups (broad SMARTS) is 1. The Morgan fingerprint density at radius 1 is 1.22 bits per heavy atom. The molecule has 2 N–H and O–H groups in total. The summed E-state index contributed by atoms with van der Waals surface area (Å²) in [6.45, 7) is 1.11. The summed E-state index contributed by atoms with van der Waals surface area (Å²) in [5.74, 6) is 0. The Balaban J connectivity index is 2.89. The summed E-state index contributed by atoms with van der Waals surface area (Å²) in [5, 5.41) is 20.4. The van der Waals surface area contributed by atoms with Gasteiger partial charge in [0.15, 0.2) is 0 Å². The summed E-state index contributed by atoms with van der Waals surface area (Å²) in [4.78, 5) is 23.2. The van der Waals surface area contributed by atoms with Crippen LogP contribution in [-0.4, -0.2) is 22.1 Å². The quantitative estimate of drug-likeness (QED) is 0.697. The molecule has 12 heteroatoms. The van der Waals surface area contributed by atoms with Gasteiger partial charge in [0.05, 0.1) is 22.8 Å². The molecule has 6 nitrogen and oxygen atoms in total. The number of nitriles is 1. The highest BCUT2D eigenvalue weighted by atomic mass is 19.4. The molecule has 1 aromatic carbocycles. The number of nitrogens with one attached hydrogen (secondary N) is 1.